The minimum Gasteiger partial charge on any atom is -0.459 e. The van der Waals surface area contributed by atoms with E-state index in [0.717, 1.165) is 16.8 Å². The van der Waals surface area contributed by atoms with Crippen LogP contribution in [0, 0.1) is 13.8 Å². The Balaban J connectivity index is 1.82. The van der Waals surface area contributed by atoms with E-state index in [1.54, 1.807) is 28.9 Å². The van der Waals surface area contributed by atoms with Gasteiger partial charge < -0.3 is 14.2 Å². The maximum atomic E-state index is 12.7. The van der Waals surface area contributed by atoms with Gasteiger partial charge in [0.1, 0.15) is 6.04 Å². The summed E-state index contributed by atoms with van der Waals surface area (Å²) in [5.41, 5.74) is 3.13. The van der Waals surface area contributed by atoms with E-state index >= 15 is 0 Å². The van der Waals surface area contributed by atoms with Gasteiger partial charge in [0.2, 0.25) is 5.91 Å². The number of nitrogens with zero attached hydrogens (tertiary/aromatic N) is 2. The average molecular weight is 312 g/mol. The largest absolute Gasteiger partial charge is 0.459 e. The summed E-state index contributed by atoms with van der Waals surface area (Å²) in [4.78, 5) is 28.5. The van der Waals surface area contributed by atoms with Gasteiger partial charge in [0.05, 0.1) is 6.26 Å². The molecule has 2 aromatic rings. The van der Waals surface area contributed by atoms with Crippen molar-refractivity contribution < 1.29 is 14.0 Å². The predicted molar refractivity (Wildman–Crippen MR) is 87.5 cm³/mol. The number of carbonyl (C=O) groups excluding carboxylic acids is 2. The molecular formula is C18H20N2O3. The van der Waals surface area contributed by atoms with Gasteiger partial charge in [0.15, 0.2) is 5.76 Å². The van der Waals surface area contributed by atoms with Gasteiger partial charge in [-0.25, -0.2) is 0 Å². The van der Waals surface area contributed by atoms with Gasteiger partial charge in [0, 0.05) is 18.8 Å². The molecule has 3 rings (SSSR count). The molecule has 1 aliphatic rings. The Morgan fingerprint density at radius 1 is 1.17 bits per heavy atom. The Morgan fingerprint density at radius 2 is 1.87 bits per heavy atom. The summed E-state index contributed by atoms with van der Waals surface area (Å²) in [6, 6.07) is 8.86. The second-order valence-corrected chi connectivity index (χ2v) is 5.99. The molecule has 5 heteroatoms. The van der Waals surface area contributed by atoms with Crippen LogP contribution in [-0.2, 0) is 4.79 Å². The zero-order chi connectivity index (χ0) is 16.6. The van der Waals surface area contributed by atoms with Crippen molar-refractivity contribution in [3.63, 3.8) is 0 Å². The first kappa shape index (κ1) is 15.3. The normalized spacial score (nSPS) is 18.4. The van der Waals surface area contributed by atoms with Crippen molar-refractivity contribution in [2.24, 2.45) is 0 Å². The molecule has 23 heavy (non-hydrogen) atoms. The highest BCUT2D eigenvalue weighted by atomic mass is 16.3. The molecule has 0 radical (unpaired) electrons. The molecule has 1 saturated heterocycles. The van der Waals surface area contributed by atoms with Crippen LogP contribution in [0.1, 0.15) is 28.6 Å². The lowest BCUT2D eigenvalue weighted by Crippen LogP contribution is -2.57. The third-order valence-corrected chi connectivity index (χ3v) is 4.17. The SMILES string of the molecule is Cc1cc(C)cc(N2CCN(C(=O)c3ccco3)[C@H](C)C2=O)c1. The molecule has 5 nitrogen and oxygen atoms in total. The smallest absolute Gasteiger partial charge is 0.290 e. The third-order valence-electron chi connectivity index (χ3n) is 4.17. The Bertz CT molecular complexity index is 716. The van der Waals surface area contributed by atoms with Crippen LogP contribution in [0.2, 0.25) is 0 Å². The van der Waals surface area contributed by atoms with Crippen LogP contribution in [0.15, 0.2) is 41.0 Å². The van der Waals surface area contributed by atoms with E-state index in [0.29, 0.717) is 13.1 Å². The van der Waals surface area contributed by atoms with E-state index < -0.39 is 6.04 Å². The number of anilines is 1. The molecule has 0 aliphatic carbocycles. The number of carbonyl (C=O) groups is 2. The Hall–Kier alpha value is -2.56. The van der Waals surface area contributed by atoms with Gasteiger partial charge in [0.25, 0.3) is 5.91 Å². The second kappa shape index (κ2) is 5.91. The van der Waals surface area contributed by atoms with Crippen molar-refractivity contribution in [3.05, 3.63) is 53.5 Å². The molecule has 1 aromatic carbocycles. The third kappa shape index (κ3) is 2.86. The van der Waals surface area contributed by atoms with Crippen molar-refractivity contribution in [3.8, 4) is 0 Å². The zero-order valence-corrected chi connectivity index (χ0v) is 13.6. The Labute approximate surface area is 135 Å². The molecule has 1 fully saturated rings. The van der Waals surface area contributed by atoms with Crippen LogP contribution >= 0.6 is 0 Å². The van der Waals surface area contributed by atoms with Crippen molar-refractivity contribution in [2.75, 3.05) is 18.0 Å². The van der Waals surface area contributed by atoms with Gasteiger partial charge in [-0.2, -0.15) is 0 Å². The second-order valence-electron chi connectivity index (χ2n) is 5.99. The monoisotopic (exact) mass is 312 g/mol. The molecule has 0 unspecified atom stereocenters. The fourth-order valence-electron chi connectivity index (χ4n) is 3.05. The summed E-state index contributed by atoms with van der Waals surface area (Å²) in [6.07, 6.45) is 1.46. The van der Waals surface area contributed by atoms with E-state index in [9.17, 15) is 9.59 Å². The topological polar surface area (TPSA) is 53.8 Å². The van der Waals surface area contributed by atoms with E-state index in [1.165, 1.54) is 6.26 Å². The Morgan fingerprint density at radius 3 is 2.48 bits per heavy atom. The molecule has 2 heterocycles. The summed E-state index contributed by atoms with van der Waals surface area (Å²) in [6.45, 7) is 6.76. The predicted octanol–water partition coefficient (Wildman–Crippen LogP) is 2.77. The summed E-state index contributed by atoms with van der Waals surface area (Å²) in [5, 5.41) is 0. The molecule has 2 amide bonds. The zero-order valence-electron chi connectivity index (χ0n) is 13.6. The highest BCUT2D eigenvalue weighted by Crippen LogP contribution is 2.24. The van der Waals surface area contributed by atoms with Crippen molar-refractivity contribution >= 4 is 17.5 Å². The summed E-state index contributed by atoms with van der Waals surface area (Å²) in [7, 11) is 0. The van der Waals surface area contributed by atoms with Crippen molar-refractivity contribution in [1.29, 1.82) is 0 Å². The van der Waals surface area contributed by atoms with E-state index in [2.05, 4.69) is 6.07 Å². The van der Waals surface area contributed by atoms with Crippen LogP contribution in [0.25, 0.3) is 0 Å². The van der Waals surface area contributed by atoms with Crippen molar-refractivity contribution in [2.45, 2.75) is 26.8 Å². The van der Waals surface area contributed by atoms with Gasteiger partial charge >= 0.3 is 0 Å². The number of rotatable bonds is 2. The molecule has 0 N–H and O–H groups in total. The molecular weight excluding hydrogens is 292 g/mol. The van der Waals surface area contributed by atoms with Gasteiger partial charge in [-0.15, -0.1) is 0 Å². The quantitative estimate of drug-likeness (QED) is 0.857. The maximum absolute atomic E-state index is 12.7. The van der Waals surface area contributed by atoms with Crippen LogP contribution in [0.3, 0.4) is 0 Å². The Kier molecular flexibility index (Phi) is 3.94. The molecule has 1 aromatic heterocycles. The fraction of sp³-hybridized carbons (Fsp3) is 0.333. The van der Waals surface area contributed by atoms with Gasteiger partial charge in [-0.1, -0.05) is 6.07 Å². The van der Waals surface area contributed by atoms with Crippen LogP contribution < -0.4 is 4.90 Å². The van der Waals surface area contributed by atoms with E-state index in [-0.39, 0.29) is 17.6 Å². The standard InChI is InChI=1S/C18H20N2O3/c1-12-9-13(2)11-15(10-12)20-7-6-19(14(3)17(20)21)18(22)16-5-4-8-23-16/h4-5,8-11,14H,6-7H2,1-3H3/t14-/m1/s1. The summed E-state index contributed by atoms with van der Waals surface area (Å²) < 4.78 is 5.16. The first-order chi connectivity index (χ1) is 11.0. The highest BCUT2D eigenvalue weighted by Gasteiger charge is 2.36. The summed E-state index contributed by atoms with van der Waals surface area (Å²) in [5.74, 6) is -0.0402. The number of furan rings is 1. The van der Waals surface area contributed by atoms with Crippen LogP contribution in [0.5, 0.6) is 0 Å². The number of amides is 2. The minimum atomic E-state index is -0.512. The summed E-state index contributed by atoms with van der Waals surface area (Å²) >= 11 is 0. The number of hydrogen-bond acceptors (Lipinski definition) is 3. The van der Waals surface area contributed by atoms with Crippen LogP contribution in [0.4, 0.5) is 5.69 Å². The van der Waals surface area contributed by atoms with E-state index in [4.69, 9.17) is 4.42 Å². The average Bonchev–Trinajstić information content (AvgIpc) is 3.02. The lowest BCUT2D eigenvalue weighted by molar-refractivity contribution is -0.124. The molecule has 0 spiro atoms. The van der Waals surface area contributed by atoms with Gasteiger partial charge in [-0.05, 0) is 56.2 Å². The van der Waals surface area contributed by atoms with Gasteiger partial charge in [-0.3, -0.25) is 9.59 Å². The maximum Gasteiger partial charge on any atom is 0.290 e. The number of hydrogen-bond donors (Lipinski definition) is 0. The number of aryl methyl sites for hydroxylation is 2. The lowest BCUT2D eigenvalue weighted by atomic mass is 10.1. The molecule has 0 bridgehead atoms. The van der Waals surface area contributed by atoms with Crippen LogP contribution in [-0.4, -0.2) is 35.8 Å². The molecule has 1 aliphatic heterocycles. The lowest BCUT2D eigenvalue weighted by Gasteiger charge is -2.38. The fourth-order valence-corrected chi connectivity index (χ4v) is 3.05. The number of piperazine rings is 1. The van der Waals surface area contributed by atoms with Crippen molar-refractivity contribution in [1.82, 2.24) is 4.90 Å². The van der Waals surface area contributed by atoms with E-state index in [1.807, 2.05) is 26.0 Å². The first-order valence-electron chi connectivity index (χ1n) is 7.71. The highest BCUT2D eigenvalue weighted by molar-refractivity contribution is 6.02. The molecule has 0 saturated carbocycles. The number of benzene rings is 1. The molecule has 120 valence electrons. The molecule has 1 atom stereocenters. The first-order valence-corrected chi connectivity index (χ1v) is 7.71. The minimum absolute atomic E-state index is 0.0684.